The molecule has 0 radical (unpaired) electrons. The maximum absolute atomic E-state index is 13.1. The minimum atomic E-state index is -0.403. The summed E-state index contributed by atoms with van der Waals surface area (Å²) in [5.74, 6) is -0.592. The Balaban J connectivity index is 1.39. The van der Waals surface area contributed by atoms with Gasteiger partial charge in [0.05, 0.1) is 12.0 Å². The van der Waals surface area contributed by atoms with Gasteiger partial charge in [-0.1, -0.05) is 0 Å². The zero-order valence-electron chi connectivity index (χ0n) is 17.1. The number of halogens is 1. The van der Waals surface area contributed by atoms with Crippen molar-refractivity contribution in [1.29, 1.82) is 0 Å². The van der Waals surface area contributed by atoms with Crippen molar-refractivity contribution >= 4 is 23.3 Å². The molecule has 1 fully saturated rings. The number of urea groups is 1. The number of pyridine rings is 1. The highest BCUT2D eigenvalue weighted by Crippen LogP contribution is 2.38. The molecule has 0 spiro atoms. The molecule has 3 amide bonds. The fraction of sp³-hybridized carbons (Fsp3) is 0.261. The normalized spacial score (nSPS) is 19.2. The average Bonchev–Trinajstić information content (AvgIpc) is 3.32. The number of rotatable bonds is 3. The first-order chi connectivity index (χ1) is 15.5. The lowest BCUT2D eigenvalue weighted by atomic mass is 9.82. The second-order valence-corrected chi connectivity index (χ2v) is 8.15. The number of hydrogen-bond acceptors (Lipinski definition) is 4. The Morgan fingerprint density at radius 2 is 1.81 bits per heavy atom. The summed E-state index contributed by atoms with van der Waals surface area (Å²) in [6.07, 6.45) is 2.23. The maximum Gasteiger partial charge on any atom is 0.321 e. The topological polar surface area (TPSA) is 96.6 Å². The molecular formula is C23H21FN4O4. The summed E-state index contributed by atoms with van der Waals surface area (Å²) in [6, 6.07) is 11.6. The van der Waals surface area contributed by atoms with Gasteiger partial charge in [-0.05, 0) is 54.8 Å². The number of nitrogens with one attached hydrogen (secondary N) is 2. The molecule has 32 heavy (non-hydrogen) atoms. The van der Waals surface area contributed by atoms with E-state index in [9.17, 15) is 18.8 Å². The summed E-state index contributed by atoms with van der Waals surface area (Å²) in [6.45, 7) is 1.38. The van der Waals surface area contributed by atoms with Gasteiger partial charge in [0.15, 0.2) is 5.76 Å². The van der Waals surface area contributed by atoms with Crippen molar-refractivity contribution in [3.8, 4) is 0 Å². The molecule has 3 aromatic rings. The van der Waals surface area contributed by atoms with Crippen molar-refractivity contribution in [3.63, 3.8) is 0 Å². The van der Waals surface area contributed by atoms with Gasteiger partial charge in [-0.15, -0.1) is 0 Å². The van der Waals surface area contributed by atoms with E-state index in [-0.39, 0.29) is 35.0 Å². The maximum atomic E-state index is 13.1. The number of amides is 3. The Morgan fingerprint density at radius 3 is 2.56 bits per heavy atom. The fourth-order valence-electron chi connectivity index (χ4n) is 4.61. The van der Waals surface area contributed by atoms with Crippen LogP contribution in [0.25, 0.3) is 0 Å². The monoisotopic (exact) mass is 436 g/mol. The van der Waals surface area contributed by atoms with E-state index >= 15 is 0 Å². The smallest absolute Gasteiger partial charge is 0.321 e. The Labute approximate surface area is 182 Å². The third-order valence-electron chi connectivity index (χ3n) is 5.97. The van der Waals surface area contributed by atoms with Gasteiger partial charge in [0.2, 0.25) is 0 Å². The predicted octanol–water partition coefficient (Wildman–Crippen LogP) is 3.48. The summed E-state index contributed by atoms with van der Waals surface area (Å²) in [5, 5.41) is 5.64. The summed E-state index contributed by atoms with van der Waals surface area (Å²) >= 11 is 0. The van der Waals surface area contributed by atoms with E-state index in [1.165, 1.54) is 36.6 Å². The van der Waals surface area contributed by atoms with Crippen molar-refractivity contribution in [2.45, 2.75) is 18.9 Å². The van der Waals surface area contributed by atoms with Crippen LogP contribution in [0, 0.1) is 11.7 Å². The molecule has 2 atom stereocenters. The molecule has 2 aliphatic rings. The minimum absolute atomic E-state index is 0.109. The number of aromatic nitrogens is 1. The molecule has 4 heterocycles. The molecule has 0 unspecified atom stereocenters. The van der Waals surface area contributed by atoms with E-state index in [2.05, 4.69) is 10.6 Å². The molecule has 8 nitrogen and oxygen atoms in total. The Morgan fingerprint density at radius 1 is 1.00 bits per heavy atom. The number of likely N-dealkylation sites (tertiary alicyclic amines) is 1. The van der Waals surface area contributed by atoms with Crippen LogP contribution < -0.4 is 16.2 Å². The number of carbonyl (C=O) groups excluding carboxylic acids is 2. The third kappa shape index (κ3) is 3.77. The van der Waals surface area contributed by atoms with Crippen LogP contribution >= 0.6 is 0 Å². The molecule has 5 rings (SSSR count). The standard InChI is InChI=1S/C23H21FN4O4/c24-16-3-5-17(6-4-16)25-23(31)27-11-14-10-15(13-27)21-18(7-8-20(29)28(21)12-14)26-22(30)19-2-1-9-32-19/h1-9,14-15H,10-13H2,(H,25,31)(H,26,30)/t14-,15-/m0/s1. The van der Waals surface area contributed by atoms with E-state index in [4.69, 9.17) is 4.42 Å². The van der Waals surface area contributed by atoms with Gasteiger partial charge in [-0.25, -0.2) is 9.18 Å². The van der Waals surface area contributed by atoms with Gasteiger partial charge in [-0.3, -0.25) is 9.59 Å². The Hall–Kier alpha value is -3.88. The lowest BCUT2D eigenvalue weighted by Crippen LogP contribution is -2.50. The predicted molar refractivity (Wildman–Crippen MR) is 115 cm³/mol. The van der Waals surface area contributed by atoms with Gasteiger partial charge in [0.25, 0.3) is 11.5 Å². The van der Waals surface area contributed by atoms with E-state index in [0.29, 0.717) is 36.7 Å². The number of hydrogen-bond donors (Lipinski definition) is 2. The van der Waals surface area contributed by atoms with Crippen molar-refractivity contribution in [2.75, 3.05) is 23.7 Å². The van der Waals surface area contributed by atoms with Crippen molar-refractivity contribution in [3.05, 3.63) is 82.4 Å². The van der Waals surface area contributed by atoms with Crippen LogP contribution in [-0.2, 0) is 6.54 Å². The van der Waals surface area contributed by atoms with Crippen LogP contribution in [0.1, 0.15) is 28.6 Å². The first-order valence-electron chi connectivity index (χ1n) is 10.4. The van der Waals surface area contributed by atoms with E-state index in [0.717, 1.165) is 6.42 Å². The van der Waals surface area contributed by atoms with Crippen molar-refractivity contribution < 1.29 is 18.4 Å². The molecule has 1 saturated heterocycles. The molecule has 2 bridgehead atoms. The lowest BCUT2D eigenvalue weighted by molar-refractivity contribution is 0.0995. The second kappa shape index (κ2) is 7.99. The SMILES string of the molecule is O=C(Nc1ccc(=O)n2c1[C@H]1C[C@@H](CN(C(=O)Nc3ccc(F)cc3)C1)C2)c1ccco1. The van der Waals surface area contributed by atoms with Crippen LogP contribution in [0.4, 0.5) is 20.6 Å². The highest BCUT2D eigenvalue weighted by Gasteiger charge is 2.38. The fourth-order valence-corrected chi connectivity index (χ4v) is 4.61. The van der Waals surface area contributed by atoms with Crippen LogP contribution in [0.15, 0.2) is 64.0 Å². The van der Waals surface area contributed by atoms with Gasteiger partial charge < -0.3 is 24.5 Å². The number of fused-ring (bicyclic) bond motifs is 4. The largest absolute Gasteiger partial charge is 0.459 e. The number of piperidine rings is 1. The summed E-state index contributed by atoms with van der Waals surface area (Å²) in [4.78, 5) is 39.6. The van der Waals surface area contributed by atoms with Crippen LogP contribution in [0.5, 0.6) is 0 Å². The summed E-state index contributed by atoms with van der Waals surface area (Å²) in [7, 11) is 0. The van der Waals surface area contributed by atoms with Crippen LogP contribution in [0.2, 0.25) is 0 Å². The lowest BCUT2D eigenvalue weighted by Gasteiger charge is -2.43. The Bertz CT molecular complexity index is 1220. The second-order valence-electron chi connectivity index (χ2n) is 8.15. The van der Waals surface area contributed by atoms with Crippen molar-refractivity contribution in [1.82, 2.24) is 9.47 Å². The summed E-state index contributed by atoms with van der Waals surface area (Å²) < 4.78 is 20.0. The number of benzene rings is 1. The van der Waals surface area contributed by atoms with Gasteiger partial charge in [-0.2, -0.15) is 0 Å². The molecule has 9 heteroatoms. The molecule has 1 aromatic carbocycles. The first kappa shape index (κ1) is 20.0. The average molecular weight is 436 g/mol. The summed E-state index contributed by atoms with van der Waals surface area (Å²) in [5.41, 5.74) is 1.63. The van der Waals surface area contributed by atoms with Gasteiger partial charge in [0.1, 0.15) is 5.82 Å². The van der Waals surface area contributed by atoms with Crippen LogP contribution in [-0.4, -0.2) is 34.5 Å². The Kier molecular flexibility index (Phi) is 5.01. The third-order valence-corrected chi connectivity index (χ3v) is 5.97. The minimum Gasteiger partial charge on any atom is -0.459 e. The number of anilines is 2. The molecular weight excluding hydrogens is 415 g/mol. The van der Waals surface area contributed by atoms with E-state index < -0.39 is 5.91 Å². The molecule has 2 aliphatic heterocycles. The number of nitrogens with zero attached hydrogens (tertiary/aromatic N) is 2. The molecule has 164 valence electrons. The molecule has 0 aliphatic carbocycles. The molecule has 2 aromatic heterocycles. The highest BCUT2D eigenvalue weighted by molar-refractivity contribution is 6.02. The molecule has 2 N–H and O–H groups in total. The van der Waals surface area contributed by atoms with Crippen molar-refractivity contribution in [2.24, 2.45) is 5.92 Å². The number of carbonyl (C=O) groups is 2. The quantitative estimate of drug-likeness (QED) is 0.657. The van der Waals surface area contributed by atoms with Gasteiger partial charge in [0, 0.05) is 43.0 Å². The first-order valence-corrected chi connectivity index (χ1v) is 10.4. The van der Waals surface area contributed by atoms with E-state index in [1.807, 2.05) is 0 Å². The van der Waals surface area contributed by atoms with Gasteiger partial charge >= 0.3 is 6.03 Å². The zero-order valence-corrected chi connectivity index (χ0v) is 17.1. The zero-order chi connectivity index (χ0) is 22.2. The highest BCUT2D eigenvalue weighted by atomic mass is 19.1. The van der Waals surface area contributed by atoms with E-state index in [1.54, 1.807) is 27.7 Å². The number of furan rings is 1. The van der Waals surface area contributed by atoms with Crippen LogP contribution in [0.3, 0.4) is 0 Å². The molecule has 0 saturated carbocycles.